The topological polar surface area (TPSA) is 12.0 Å². The minimum Gasteiger partial charge on any atom is -0.382 e. The van der Waals surface area contributed by atoms with Crippen molar-refractivity contribution in [2.24, 2.45) is 0 Å². The van der Waals surface area contributed by atoms with Gasteiger partial charge >= 0.3 is 0 Å². The Morgan fingerprint density at radius 3 is 2.54 bits per heavy atom. The number of hydrogen-bond donors (Lipinski definition) is 1. The van der Waals surface area contributed by atoms with E-state index in [0.29, 0.717) is 0 Å². The van der Waals surface area contributed by atoms with Crippen LogP contribution in [0.15, 0.2) is 48.2 Å². The first-order chi connectivity index (χ1) is 6.22. The zero-order valence-corrected chi connectivity index (χ0v) is 8.80. The molecule has 0 aliphatic rings. The minimum absolute atomic E-state index is 0.874. The lowest BCUT2D eigenvalue weighted by Crippen LogP contribution is -2.12. The van der Waals surface area contributed by atoms with Gasteiger partial charge < -0.3 is 5.32 Å². The fraction of sp³-hybridized carbons (Fsp3) is 0.333. The Hall–Kier alpha value is -1.24. The van der Waals surface area contributed by atoms with Crippen LogP contribution in [0, 0.1) is 0 Å². The molecule has 0 aromatic rings. The van der Waals surface area contributed by atoms with Gasteiger partial charge in [0.2, 0.25) is 0 Å². The number of nitrogens with one attached hydrogen (secondary N) is 1. The summed E-state index contributed by atoms with van der Waals surface area (Å²) in [6.07, 6.45) is 9.87. The lowest BCUT2D eigenvalue weighted by atomic mass is 10.2. The Balaban J connectivity index is 4.20. The Morgan fingerprint density at radius 2 is 2.08 bits per heavy atom. The third-order valence-corrected chi connectivity index (χ3v) is 1.58. The zero-order chi connectivity index (χ0) is 10.1. The summed E-state index contributed by atoms with van der Waals surface area (Å²) in [7, 11) is 0. The summed E-state index contributed by atoms with van der Waals surface area (Å²) >= 11 is 0. The molecule has 0 spiro atoms. The predicted octanol–water partition coefficient (Wildman–Crippen LogP) is 3.19. The normalized spacial score (nSPS) is 10.7. The summed E-state index contributed by atoms with van der Waals surface area (Å²) < 4.78 is 0. The average molecular weight is 177 g/mol. The molecule has 0 rings (SSSR count). The molecule has 0 fully saturated rings. The second-order valence-corrected chi connectivity index (χ2v) is 2.96. The van der Waals surface area contributed by atoms with Crippen molar-refractivity contribution in [2.75, 3.05) is 6.54 Å². The molecule has 0 heterocycles. The number of rotatable bonds is 5. The van der Waals surface area contributed by atoms with Crippen LogP contribution >= 0.6 is 0 Å². The summed E-state index contributed by atoms with van der Waals surface area (Å²) in [5.41, 5.74) is 2.45. The molecule has 0 radical (unpaired) electrons. The molecule has 0 amide bonds. The van der Waals surface area contributed by atoms with Gasteiger partial charge in [-0.3, -0.25) is 0 Å². The van der Waals surface area contributed by atoms with Crippen molar-refractivity contribution in [2.45, 2.75) is 20.8 Å². The maximum absolute atomic E-state index is 3.64. The molecule has 72 valence electrons. The van der Waals surface area contributed by atoms with Gasteiger partial charge in [0.1, 0.15) is 0 Å². The Bertz CT molecular complexity index is 228. The van der Waals surface area contributed by atoms with Crippen LogP contribution in [0.3, 0.4) is 0 Å². The standard InChI is InChI=1S/C12H19N/c1-5-7-9-12(11(3)4)13-10-8-6-2/h5-9,13H,1,10H2,2-4H3/b8-6+,9-7-. The van der Waals surface area contributed by atoms with Crippen LogP contribution < -0.4 is 5.32 Å². The molecule has 1 nitrogen and oxygen atoms in total. The Labute approximate surface area is 81.5 Å². The van der Waals surface area contributed by atoms with Crippen molar-refractivity contribution < 1.29 is 0 Å². The van der Waals surface area contributed by atoms with Gasteiger partial charge in [0.15, 0.2) is 0 Å². The van der Waals surface area contributed by atoms with Crippen LogP contribution in [0.25, 0.3) is 0 Å². The van der Waals surface area contributed by atoms with Gasteiger partial charge in [0.25, 0.3) is 0 Å². The van der Waals surface area contributed by atoms with Crippen molar-refractivity contribution in [1.82, 2.24) is 5.32 Å². The highest BCUT2D eigenvalue weighted by Gasteiger charge is 1.90. The quantitative estimate of drug-likeness (QED) is 0.502. The molecule has 13 heavy (non-hydrogen) atoms. The predicted molar refractivity (Wildman–Crippen MR) is 60.5 cm³/mol. The zero-order valence-electron chi connectivity index (χ0n) is 8.80. The molecule has 0 aliphatic carbocycles. The van der Waals surface area contributed by atoms with E-state index in [1.54, 1.807) is 6.08 Å². The van der Waals surface area contributed by atoms with E-state index in [9.17, 15) is 0 Å². The first-order valence-corrected chi connectivity index (χ1v) is 4.54. The first-order valence-electron chi connectivity index (χ1n) is 4.54. The summed E-state index contributed by atoms with van der Waals surface area (Å²) in [4.78, 5) is 0. The molecule has 0 saturated carbocycles. The smallest absolute Gasteiger partial charge is 0.0330 e. The molecule has 0 atom stereocenters. The van der Waals surface area contributed by atoms with E-state index in [0.717, 1.165) is 12.2 Å². The number of hydrogen-bond acceptors (Lipinski definition) is 1. The van der Waals surface area contributed by atoms with Gasteiger partial charge in [-0.05, 0) is 26.8 Å². The van der Waals surface area contributed by atoms with Gasteiger partial charge in [0.05, 0.1) is 0 Å². The lowest BCUT2D eigenvalue weighted by Gasteiger charge is -2.06. The largest absolute Gasteiger partial charge is 0.382 e. The van der Waals surface area contributed by atoms with Crippen LogP contribution in [0.4, 0.5) is 0 Å². The van der Waals surface area contributed by atoms with E-state index in [-0.39, 0.29) is 0 Å². The molecule has 0 unspecified atom stereocenters. The highest BCUT2D eigenvalue weighted by Crippen LogP contribution is 2.00. The van der Waals surface area contributed by atoms with E-state index in [1.807, 2.05) is 25.2 Å². The molecule has 1 N–H and O–H groups in total. The van der Waals surface area contributed by atoms with E-state index >= 15 is 0 Å². The van der Waals surface area contributed by atoms with Gasteiger partial charge in [-0.25, -0.2) is 0 Å². The molecule has 0 aliphatic heterocycles. The van der Waals surface area contributed by atoms with Crippen molar-refractivity contribution in [1.29, 1.82) is 0 Å². The monoisotopic (exact) mass is 177 g/mol. The highest BCUT2D eigenvalue weighted by molar-refractivity contribution is 5.24. The Kier molecular flexibility index (Phi) is 6.70. The first kappa shape index (κ1) is 11.8. The summed E-state index contributed by atoms with van der Waals surface area (Å²) in [5.74, 6) is 0. The highest BCUT2D eigenvalue weighted by atomic mass is 14.9. The molecule has 0 aromatic heterocycles. The molecule has 0 bridgehead atoms. The minimum atomic E-state index is 0.874. The van der Waals surface area contributed by atoms with Crippen LogP contribution in [0.2, 0.25) is 0 Å². The second-order valence-electron chi connectivity index (χ2n) is 2.96. The molecular weight excluding hydrogens is 158 g/mol. The van der Waals surface area contributed by atoms with Crippen LogP contribution in [-0.4, -0.2) is 6.54 Å². The van der Waals surface area contributed by atoms with E-state index < -0.39 is 0 Å². The van der Waals surface area contributed by atoms with Crippen LogP contribution in [0.5, 0.6) is 0 Å². The summed E-state index contributed by atoms with van der Waals surface area (Å²) in [6.45, 7) is 10.7. The maximum Gasteiger partial charge on any atom is 0.0330 e. The van der Waals surface area contributed by atoms with Crippen LogP contribution in [0.1, 0.15) is 20.8 Å². The summed E-state index contributed by atoms with van der Waals surface area (Å²) in [5, 5.41) is 3.31. The molecular formula is C12H19N. The van der Waals surface area contributed by atoms with Gasteiger partial charge in [-0.2, -0.15) is 0 Å². The van der Waals surface area contributed by atoms with E-state index in [4.69, 9.17) is 0 Å². The SMILES string of the molecule is C=C/C=C\C(NC/C=C/C)=C(C)C. The Morgan fingerprint density at radius 1 is 1.38 bits per heavy atom. The fourth-order valence-corrected chi connectivity index (χ4v) is 0.853. The van der Waals surface area contributed by atoms with Crippen molar-refractivity contribution in [3.05, 3.63) is 48.2 Å². The third-order valence-electron chi connectivity index (χ3n) is 1.58. The van der Waals surface area contributed by atoms with Crippen molar-refractivity contribution in [3.8, 4) is 0 Å². The summed E-state index contributed by atoms with van der Waals surface area (Å²) in [6, 6.07) is 0. The number of allylic oxidation sites excluding steroid dienone is 5. The molecule has 0 saturated heterocycles. The lowest BCUT2D eigenvalue weighted by molar-refractivity contribution is 0.913. The average Bonchev–Trinajstić information content (AvgIpc) is 2.10. The van der Waals surface area contributed by atoms with Crippen LogP contribution in [-0.2, 0) is 0 Å². The van der Waals surface area contributed by atoms with Gasteiger partial charge in [0, 0.05) is 12.2 Å². The van der Waals surface area contributed by atoms with E-state index in [1.165, 1.54) is 5.57 Å². The fourth-order valence-electron chi connectivity index (χ4n) is 0.853. The maximum atomic E-state index is 3.64. The second kappa shape index (κ2) is 7.41. The van der Waals surface area contributed by atoms with Crippen molar-refractivity contribution >= 4 is 0 Å². The molecule has 1 heteroatoms. The molecule has 0 aromatic carbocycles. The van der Waals surface area contributed by atoms with Gasteiger partial charge in [-0.1, -0.05) is 36.5 Å². The third kappa shape index (κ3) is 5.97. The van der Waals surface area contributed by atoms with Crippen molar-refractivity contribution in [3.63, 3.8) is 0 Å². The van der Waals surface area contributed by atoms with E-state index in [2.05, 4.69) is 31.8 Å². The van der Waals surface area contributed by atoms with Gasteiger partial charge in [-0.15, -0.1) is 0 Å².